The Kier molecular flexibility index (Phi) is 3.59. The van der Waals surface area contributed by atoms with E-state index in [9.17, 15) is 4.79 Å². The third-order valence-corrected chi connectivity index (χ3v) is 4.05. The molecule has 1 aliphatic rings. The van der Waals surface area contributed by atoms with Crippen molar-refractivity contribution >= 4 is 33.2 Å². The minimum absolute atomic E-state index is 0.0521. The van der Waals surface area contributed by atoms with Gasteiger partial charge in [-0.2, -0.15) is 5.26 Å². The number of rotatable bonds is 1. The summed E-state index contributed by atoms with van der Waals surface area (Å²) in [4.78, 5) is 14.4. The van der Waals surface area contributed by atoms with Crippen LogP contribution in [-0.2, 0) is 0 Å². The normalized spacial score (nSPS) is 20.5. The fraction of sp³-hybridized carbons (Fsp3) is 0.400. The van der Waals surface area contributed by atoms with Gasteiger partial charge in [0.05, 0.1) is 14.7 Å². The number of nitriles is 1. The average molecular weight is 300 g/mol. The van der Waals surface area contributed by atoms with Crippen LogP contribution in [-0.4, -0.2) is 36.5 Å². The topological polar surface area (TPSA) is 56.1 Å². The number of carbonyl (C=O) groups is 1. The molecule has 6 heteroatoms. The Balaban J connectivity index is 2.17. The highest BCUT2D eigenvalue weighted by molar-refractivity contribution is 9.11. The summed E-state index contributed by atoms with van der Waals surface area (Å²) in [5.41, 5.74) is 0. The van der Waals surface area contributed by atoms with Gasteiger partial charge in [0.25, 0.3) is 5.91 Å². The maximum Gasteiger partial charge on any atom is 0.265 e. The number of nitrogens with one attached hydrogen (secondary N) is 1. The minimum Gasteiger partial charge on any atom is -0.319 e. The summed E-state index contributed by atoms with van der Waals surface area (Å²) in [6.45, 7) is 1.89. The molecule has 1 aromatic rings. The summed E-state index contributed by atoms with van der Waals surface area (Å²) in [6, 6.07) is 5.42. The number of piperazine rings is 1. The van der Waals surface area contributed by atoms with Gasteiger partial charge in [-0.3, -0.25) is 4.79 Å². The molecule has 1 amide bonds. The Morgan fingerprint density at radius 3 is 3.12 bits per heavy atom. The summed E-state index contributed by atoms with van der Waals surface area (Å²) in [5.74, 6) is -0.0521. The molecule has 84 valence electrons. The molecule has 1 saturated heterocycles. The van der Waals surface area contributed by atoms with Crippen molar-refractivity contribution in [2.24, 2.45) is 0 Å². The molecule has 0 spiro atoms. The van der Waals surface area contributed by atoms with E-state index in [1.54, 1.807) is 11.0 Å². The van der Waals surface area contributed by atoms with E-state index in [2.05, 4.69) is 27.3 Å². The molecule has 2 rings (SSSR count). The first kappa shape index (κ1) is 11.6. The molecule has 0 aromatic carbocycles. The fourth-order valence-electron chi connectivity index (χ4n) is 1.63. The molecule has 1 aliphatic heterocycles. The molecule has 0 saturated carbocycles. The smallest absolute Gasteiger partial charge is 0.265 e. The molecular weight excluding hydrogens is 290 g/mol. The third kappa shape index (κ3) is 2.26. The summed E-state index contributed by atoms with van der Waals surface area (Å²) in [7, 11) is 0. The van der Waals surface area contributed by atoms with Crippen molar-refractivity contribution in [1.29, 1.82) is 5.26 Å². The summed E-state index contributed by atoms with van der Waals surface area (Å²) in [6.07, 6.45) is 0. The standard InChI is InChI=1S/C10H10BrN3OS/c11-9-2-1-8(16-9)10(15)14-4-3-13-6-7(14)5-12/h1-2,7,13H,3-4,6H2. The number of hydrogen-bond acceptors (Lipinski definition) is 4. The molecule has 4 nitrogen and oxygen atoms in total. The number of nitrogens with zero attached hydrogens (tertiary/aromatic N) is 2. The predicted molar refractivity (Wildman–Crippen MR) is 65.3 cm³/mol. The number of hydrogen-bond donors (Lipinski definition) is 1. The zero-order chi connectivity index (χ0) is 11.5. The Hall–Kier alpha value is -0.900. The Bertz CT molecular complexity index is 440. The lowest BCUT2D eigenvalue weighted by molar-refractivity contribution is 0.0692. The van der Waals surface area contributed by atoms with Crippen LogP contribution in [0.2, 0.25) is 0 Å². The molecular formula is C10H10BrN3OS. The maximum atomic E-state index is 12.1. The van der Waals surface area contributed by atoms with E-state index in [4.69, 9.17) is 5.26 Å². The van der Waals surface area contributed by atoms with Crippen LogP contribution < -0.4 is 5.32 Å². The molecule has 0 radical (unpaired) electrons. The highest BCUT2D eigenvalue weighted by Gasteiger charge is 2.27. The van der Waals surface area contributed by atoms with Gasteiger partial charge in [0.15, 0.2) is 0 Å². The molecule has 1 N–H and O–H groups in total. The zero-order valence-electron chi connectivity index (χ0n) is 8.44. The second kappa shape index (κ2) is 4.95. The predicted octanol–water partition coefficient (Wildman–Crippen LogP) is 1.45. The Morgan fingerprint density at radius 1 is 1.69 bits per heavy atom. The van der Waals surface area contributed by atoms with Gasteiger partial charge < -0.3 is 10.2 Å². The average Bonchev–Trinajstić information content (AvgIpc) is 2.75. The van der Waals surface area contributed by atoms with Crippen LogP contribution in [0.3, 0.4) is 0 Å². The van der Waals surface area contributed by atoms with Gasteiger partial charge in [-0.15, -0.1) is 11.3 Å². The zero-order valence-corrected chi connectivity index (χ0v) is 10.8. The lowest BCUT2D eigenvalue weighted by Gasteiger charge is -2.31. The van der Waals surface area contributed by atoms with Gasteiger partial charge >= 0.3 is 0 Å². The number of halogens is 1. The lowest BCUT2D eigenvalue weighted by Crippen LogP contribution is -2.52. The van der Waals surface area contributed by atoms with Crippen LogP contribution in [0.5, 0.6) is 0 Å². The van der Waals surface area contributed by atoms with Gasteiger partial charge in [0.1, 0.15) is 6.04 Å². The molecule has 0 aliphatic carbocycles. The molecule has 2 heterocycles. The largest absolute Gasteiger partial charge is 0.319 e. The van der Waals surface area contributed by atoms with Gasteiger partial charge in [-0.1, -0.05) is 0 Å². The van der Waals surface area contributed by atoms with Gasteiger partial charge in [-0.05, 0) is 28.1 Å². The fourth-order valence-corrected chi connectivity index (χ4v) is 2.98. The number of thiophene rings is 1. The van der Waals surface area contributed by atoms with E-state index in [1.807, 2.05) is 6.07 Å². The van der Waals surface area contributed by atoms with Crippen LogP contribution in [0.25, 0.3) is 0 Å². The van der Waals surface area contributed by atoms with Crippen LogP contribution in [0.4, 0.5) is 0 Å². The Labute approximate surface area is 106 Å². The first-order valence-corrected chi connectivity index (χ1v) is 6.50. The van der Waals surface area contributed by atoms with Crippen LogP contribution >= 0.6 is 27.3 Å². The van der Waals surface area contributed by atoms with E-state index in [0.717, 1.165) is 10.3 Å². The number of amides is 1. The van der Waals surface area contributed by atoms with Gasteiger partial charge in [-0.25, -0.2) is 0 Å². The summed E-state index contributed by atoms with van der Waals surface area (Å²) in [5, 5.41) is 12.1. The van der Waals surface area contributed by atoms with Crippen LogP contribution in [0, 0.1) is 11.3 Å². The first-order chi connectivity index (χ1) is 7.72. The highest BCUT2D eigenvalue weighted by Crippen LogP contribution is 2.24. The molecule has 0 bridgehead atoms. The molecule has 1 fully saturated rings. The van der Waals surface area contributed by atoms with E-state index in [0.29, 0.717) is 18.0 Å². The van der Waals surface area contributed by atoms with Crippen molar-refractivity contribution in [3.8, 4) is 6.07 Å². The van der Waals surface area contributed by atoms with Crippen molar-refractivity contribution in [2.45, 2.75) is 6.04 Å². The van der Waals surface area contributed by atoms with Gasteiger partial charge in [0.2, 0.25) is 0 Å². The second-order valence-electron chi connectivity index (χ2n) is 3.45. The monoisotopic (exact) mass is 299 g/mol. The van der Waals surface area contributed by atoms with Gasteiger partial charge in [0, 0.05) is 19.6 Å². The SMILES string of the molecule is N#CC1CNCCN1C(=O)c1ccc(Br)s1. The van der Waals surface area contributed by atoms with Crippen LogP contribution in [0.1, 0.15) is 9.67 Å². The van der Waals surface area contributed by atoms with E-state index < -0.39 is 0 Å². The second-order valence-corrected chi connectivity index (χ2v) is 5.91. The van der Waals surface area contributed by atoms with E-state index >= 15 is 0 Å². The van der Waals surface area contributed by atoms with Crippen LogP contribution in [0.15, 0.2) is 15.9 Å². The first-order valence-electron chi connectivity index (χ1n) is 4.89. The molecule has 1 unspecified atom stereocenters. The lowest BCUT2D eigenvalue weighted by atomic mass is 10.2. The Morgan fingerprint density at radius 2 is 2.50 bits per heavy atom. The van der Waals surface area contributed by atoms with E-state index in [1.165, 1.54) is 11.3 Å². The van der Waals surface area contributed by atoms with Crippen molar-refractivity contribution < 1.29 is 4.79 Å². The van der Waals surface area contributed by atoms with Crippen molar-refractivity contribution in [3.05, 3.63) is 20.8 Å². The molecule has 16 heavy (non-hydrogen) atoms. The van der Waals surface area contributed by atoms with Crippen molar-refractivity contribution in [1.82, 2.24) is 10.2 Å². The summed E-state index contributed by atoms with van der Waals surface area (Å²) < 4.78 is 0.930. The quantitative estimate of drug-likeness (QED) is 0.854. The maximum absolute atomic E-state index is 12.1. The highest BCUT2D eigenvalue weighted by atomic mass is 79.9. The van der Waals surface area contributed by atoms with E-state index in [-0.39, 0.29) is 11.9 Å². The molecule has 1 aromatic heterocycles. The van der Waals surface area contributed by atoms with Crippen molar-refractivity contribution in [2.75, 3.05) is 19.6 Å². The van der Waals surface area contributed by atoms with Crippen molar-refractivity contribution in [3.63, 3.8) is 0 Å². The summed E-state index contributed by atoms with van der Waals surface area (Å²) >= 11 is 4.72. The number of carbonyl (C=O) groups excluding carboxylic acids is 1. The minimum atomic E-state index is -0.359. The third-order valence-electron chi connectivity index (χ3n) is 2.44. The molecule has 1 atom stereocenters.